The minimum atomic E-state index is -1.19. The van der Waals surface area contributed by atoms with Crippen LogP contribution in [-0.4, -0.2) is 27.0 Å². The number of nitrogens with two attached hydrogens (primary N) is 1. The van der Waals surface area contributed by atoms with Crippen LogP contribution in [-0.2, 0) is 10.2 Å². The van der Waals surface area contributed by atoms with Crippen LogP contribution < -0.4 is 5.73 Å². The third-order valence-electron chi connectivity index (χ3n) is 4.94. The normalized spacial score (nSPS) is 22.4. The molecule has 0 saturated heterocycles. The minimum Gasteiger partial charge on any atom is -0.481 e. The van der Waals surface area contributed by atoms with Crippen LogP contribution in [0.1, 0.15) is 43.9 Å². The highest BCUT2D eigenvalue weighted by molar-refractivity contribution is 5.97. The number of primary amides is 1. The Bertz CT molecular complexity index is 529. The number of nitrogens with zero attached hydrogens (tertiary/aromatic N) is 1. The fraction of sp³-hybridized carbons (Fsp3) is 0.583. The summed E-state index contributed by atoms with van der Waals surface area (Å²) in [5.41, 5.74) is 3.36. The maximum Gasteiger partial charge on any atom is 0.316 e. The number of aromatic amines is 1. The van der Waals surface area contributed by atoms with Crippen LogP contribution in [0.4, 0.5) is 0 Å². The molecule has 0 aliphatic heterocycles. The summed E-state index contributed by atoms with van der Waals surface area (Å²) in [6.45, 7) is 7.45. The second-order valence-corrected chi connectivity index (χ2v) is 5.80. The summed E-state index contributed by atoms with van der Waals surface area (Å²) in [6, 6.07) is 0. The summed E-state index contributed by atoms with van der Waals surface area (Å²) in [5.74, 6) is -1.67. The molecule has 1 fully saturated rings. The SMILES string of the molecule is CC1(C)C(C)(C)C1(C(=O)O)c1nc[nH]c1C(N)=O. The van der Waals surface area contributed by atoms with Gasteiger partial charge in [0.2, 0.25) is 0 Å². The van der Waals surface area contributed by atoms with E-state index in [0.717, 1.165) is 0 Å². The van der Waals surface area contributed by atoms with Gasteiger partial charge in [-0.2, -0.15) is 0 Å². The maximum atomic E-state index is 11.8. The topological polar surface area (TPSA) is 109 Å². The molecular weight excluding hydrogens is 234 g/mol. The van der Waals surface area contributed by atoms with E-state index in [1.165, 1.54) is 6.33 Å². The van der Waals surface area contributed by atoms with E-state index < -0.39 is 28.1 Å². The Morgan fingerprint density at radius 1 is 1.28 bits per heavy atom. The Balaban J connectivity index is 2.71. The van der Waals surface area contributed by atoms with E-state index >= 15 is 0 Å². The minimum absolute atomic E-state index is 0.0797. The molecule has 1 aromatic rings. The van der Waals surface area contributed by atoms with E-state index in [1.54, 1.807) is 0 Å². The lowest BCUT2D eigenvalue weighted by Crippen LogP contribution is -2.31. The van der Waals surface area contributed by atoms with Crippen molar-refractivity contribution in [1.29, 1.82) is 0 Å². The predicted octanol–water partition coefficient (Wildman–Crippen LogP) is 0.897. The average molecular weight is 251 g/mol. The third-order valence-corrected chi connectivity index (χ3v) is 4.94. The summed E-state index contributed by atoms with van der Waals surface area (Å²) in [7, 11) is 0. The van der Waals surface area contributed by atoms with Crippen molar-refractivity contribution in [3.63, 3.8) is 0 Å². The number of carboxylic acids is 1. The number of hydrogen-bond donors (Lipinski definition) is 3. The number of amides is 1. The number of imidazole rings is 1. The van der Waals surface area contributed by atoms with Crippen molar-refractivity contribution in [3.05, 3.63) is 17.7 Å². The van der Waals surface area contributed by atoms with Gasteiger partial charge in [-0.05, 0) is 10.8 Å². The lowest BCUT2D eigenvalue weighted by atomic mass is 9.89. The molecule has 2 rings (SSSR count). The Kier molecular flexibility index (Phi) is 2.19. The molecule has 1 aliphatic carbocycles. The number of aromatic nitrogens is 2. The third kappa shape index (κ3) is 1.01. The summed E-state index contributed by atoms with van der Waals surface area (Å²) in [4.78, 5) is 29.8. The first-order valence-corrected chi connectivity index (χ1v) is 5.69. The van der Waals surface area contributed by atoms with Crippen LogP contribution >= 0.6 is 0 Å². The molecule has 1 aliphatic rings. The summed E-state index contributed by atoms with van der Waals surface area (Å²) in [5, 5.41) is 9.65. The molecule has 0 aromatic carbocycles. The van der Waals surface area contributed by atoms with Gasteiger partial charge in [0, 0.05) is 0 Å². The van der Waals surface area contributed by atoms with Gasteiger partial charge in [-0.1, -0.05) is 27.7 Å². The van der Waals surface area contributed by atoms with Gasteiger partial charge < -0.3 is 15.8 Å². The Morgan fingerprint density at radius 3 is 2.11 bits per heavy atom. The van der Waals surface area contributed by atoms with Gasteiger partial charge >= 0.3 is 5.97 Å². The lowest BCUT2D eigenvalue weighted by molar-refractivity contribution is -0.141. The molecule has 0 unspecified atom stereocenters. The smallest absolute Gasteiger partial charge is 0.316 e. The molecule has 0 spiro atoms. The quantitative estimate of drug-likeness (QED) is 0.741. The van der Waals surface area contributed by atoms with Crippen molar-refractivity contribution in [2.45, 2.75) is 33.1 Å². The summed E-state index contributed by atoms with van der Waals surface area (Å²) >= 11 is 0. The van der Waals surface area contributed by atoms with E-state index in [0.29, 0.717) is 0 Å². The Labute approximate surface area is 105 Å². The van der Waals surface area contributed by atoms with Crippen molar-refractivity contribution in [3.8, 4) is 0 Å². The lowest BCUT2D eigenvalue weighted by Gasteiger charge is -2.15. The van der Waals surface area contributed by atoms with Crippen LogP contribution in [0.3, 0.4) is 0 Å². The van der Waals surface area contributed by atoms with E-state index in [-0.39, 0.29) is 11.4 Å². The number of hydrogen-bond acceptors (Lipinski definition) is 3. The van der Waals surface area contributed by atoms with Crippen molar-refractivity contribution in [1.82, 2.24) is 9.97 Å². The van der Waals surface area contributed by atoms with Gasteiger partial charge in [-0.3, -0.25) is 9.59 Å². The molecule has 6 nitrogen and oxygen atoms in total. The van der Waals surface area contributed by atoms with Crippen molar-refractivity contribution < 1.29 is 14.7 Å². The highest BCUT2D eigenvalue weighted by Gasteiger charge is 2.83. The highest BCUT2D eigenvalue weighted by Crippen LogP contribution is 2.78. The van der Waals surface area contributed by atoms with Gasteiger partial charge in [0.1, 0.15) is 11.1 Å². The summed E-state index contributed by atoms with van der Waals surface area (Å²) in [6.07, 6.45) is 1.31. The van der Waals surface area contributed by atoms with Crippen molar-refractivity contribution >= 4 is 11.9 Å². The fourth-order valence-electron chi connectivity index (χ4n) is 3.31. The van der Waals surface area contributed by atoms with Crippen LogP contribution in [0.25, 0.3) is 0 Å². The van der Waals surface area contributed by atoms with Crippen LogP contribution in [0, 0.1) is 10.8 Å². The van der Waals surface area contributed by atoms with E-state index in [9.17, 15) is 14.7 Å². The zero-order valence-corrected chi connectivity index (χ0v) is 10.9. The molecule has 1 heterocycles. The number of aliphatic carboxylic acids is 1. The zero-order valence-electron chi connectivity index (χ0n) is 10.9. The number of rotatable bonds is 3. The van der Waals surface area contributed by atoms with Crippen LogP contribution in [0.15, 0.2) is 6.33 Å². The van der Waals surface area contributed by atoms with Crippen molar-refractivity contribution in [2.75, 3.05) is 0 Å². The Hall–Kier alpha value is -1.85. The summed E-state index contributed by atoms with van der Waals surface area (Å²) < 4.78 is 0. The van der Waals surface area contributed by atoms with Crippen LogP contribution in [0.2, 0.25) is 0 Å². The second kappa shape index (κ2) is 3.13. The zero-order chi connectivity index (χ0) is 13.9. The molecular formula is C12H17N3O3. The molecule has 18 heavy (non-hydrogen) atoms. The molecule has 1 amide bonds. The fourth-order valence-corrected chi connectivity index (χ4v) is 3.31. The molecule has 98 valence electrons. The van der Waals surface area contributed by atoms with Crippen LogP contribution in [0.5, 0.6) is 0 Å². The number of nitrogens with one attached hydrogen (secondary N) is 1. The van der Waals surface area contributed by atoms with Gasteiger partial charge in [0.15, 0.2) is 0 Å². The van der Waals surface area contributed by atoms with Gasteiger partial charge in [-0.15, -0.1) is 0 Å². The largest absolute Gasteiger partial charge is 0.481 e. The highest BCUT2D eigenvalue weighted by atomic mass is 16.4. The molecule has 0 bridgehead atoms. The first-order chi connectivity index (χ1) is 8.12. The molecule has 0 radical (unpaired) electrons. The number of H-pyrrole nitrogens is 1. The maximum absolute atomic E-state index is 11.8. The van der Waals surface area contributed by atoms with Gasteiger partial charge in [0.25, 0.3) is 5.91 Å². The van der Waals surface area contributed by atoms with E-state index in [4.69, 9.17) is 5.73 Å². The van der Waals surface area contributed by atoms with Gasteiger partial charge in [0.05, 0.1) is 12.0 Å². The van der Waals surface area contributed by atoms with Crippen molar-refractivity contribution in [2.24, 2.45) is 16.6 Å². The predicted molar refractivity (Wildman–Crippen MR) is 64.0 cm³/mol. The monoisotopic (exact) mass is 251 g/mol. The molecule has 0 atom stereocenters. The van der Waals surface area contributed by atoms with E-state index in [1.807, 2.05) is 27.7 Å². The number of carbonyl (C=O) groups excluding carboxylic acids is 1. The Morgan fingerprint density at radius 2 is 1.78 bits per heavy atom. The second-order valence-electron chi connectivity index (χ2n) is 5.80. The first-order valence-electron chi connectivity index (χ1n) is 5.69. The standard InChI is InChI=1S/C12H17N3O3/c1-10(2)11(3,4)12(10,9(17)18)7-6(8(13)16)14-5-15-7/h5H,1-4H3,(H2,13,16)(H,14,15)(H,17,18). The molecule has 1 saturated carbocycles. The number of carboxylic acid groups (broad SMARTS) is 1. The number of carbonyl (C=O) groups is 2. The molecule has 1 aromatic heterocycles. The van der Waals surface area contributed by atoms with E-state index in [2.05, 4.69) is 9.97 Å². The first kappa shape index (κ1) is 12.6. The molecule has 6 heteroatoms. The average Bonchev–Trinajstić information content (AvgIpc) is 2.55. The molecule has 4 N–H and O–H groups in total. The van der Waals surface area contributed by atoms with Gasteiger partial charge in [-0.25, -0.2) is 4.98 Å².